The molecule has 0 aromatic carbocycles. The molecule has 0 aromatic heterocycles. The van der Waals surface area contributed by atoms with Crippen LogP contribution in [0.25, 0.3) is 0 Å². The van der Waals surface area contributed by atoms with Crippen LogP contribution in [-0.2, 0) is 0 Å². The second kappa shape index (κ2) is 4.33. The van der Waals surface area contributed by atoms with Gasteiger partial charge in [-0.15, -0.1) is 0 Å². The number of nitrogens with one attached hydrogen (secondary N) is 1. The van der Waals surface area contributed by atoms with Gasteiger partial charge in [0.1, 0.15) is 0 Å². The lowest BCUT2D eigenvalue weighted by atomic mass is 9.49. The summed E-state index contributed by atoms with van der Waals surface area (Å²) in [6.07, 6.45) is 10.8. The molecule has 110 valence electrons. The predicted octanol–water partition coefficient (Wildman–Crippen LogP) is 2.81. The van der Waals surface area contributed by atoms with Gasteiger partial charge in [0.05, 0.1) is 0 Å². The van der Waals surface area contributed by atoms with Crippen LogP contribution in [0.1, 0.15) is 44.9 Å². The molecule has 6 rings (SSSR count). The fourth-order valence-electron chi connectivity index (χ4n) is 6.80. The maximum atomic E-state index is 3.55. The van der Waals surface area contributed by atoms with Crippen molar-refractivity contribution in [1.82, 2.24) is 10.2 Å². The Morgan fingerprint density at radius 2 is 1.60 bits per heavy atom. The molecule has 2 aliphatic heterocycles. The van der Waals surface area contributed by atoms with Crippen LogP contribution < -0.4 is 5.32 Å². The fourth-order valence-corrected chi connectivity index (χ4v) is 6.80. The minimum absolute atomic E-state index is 0.733. The molecule has 0 spiro atoms. The molecule has 0 amide bonds. The van der Waals surface area contributed by atoms with E-state index in [9.17, 15) is 0 Å². The Labute approximate surface area is 123 Å². The van der Waals surface area contributed by atoms with Gasteiger partial charge in [0.25, 0.3) is 0 Å². The van der Waals surface area contributed by atoms with Crippen LogP contribution in [0.5, 0.6) is 0 Å². The van der Waals surface area contributed by atoms with E-state index in [0.29, 0.717) is 0 Å². The van der Waals surface area contributed by atoms with E-state index in [-0.39, 0.29) is 0 Å². The van der Waals surface area contributed by atoms with Gasteiger partial charge in [-0.05, 0) is 80.2 Å². The third kappa shape index (κ3) is 1.91. The summed E-state index contributed by atoms with van der Waals surface area (Å²) < 4.78 is 0. The highest BCUT2D eigenvalue weighted by Gasteiger charge is 2.51. The lowest BCUT2D eigenvalue weighted by Crippen LogP contribution is -2.51. The van der Waals surface area contributed by atoms with E-state index in [4.69, 9.17) is 0 Å². The molecule has 0 unspecified atom stereocenters. The molecule has 4 saturated carbocycles. The third-order valence-corrected chi connectivity index (χ3v) is 6.99. The molecular formula is C18H28N2. The molecule has 6 aliphatic rings. The molecule has 2 nitrogen and oxygen atoms in total. The molecule has 2 heteroatoms. The summed E-state index contributed by atoms with van der Waals surface area (Å²) in [6.45, 7) is 6.39. The Bertz CT molecular complexity index is 397. The molecule has 1 N–H and O–H groups in total. The molecule has 2 heterocycles. The SMILES string of the molecule is C1CC2=C(CN1)CN(CC13CC4CC(CC(C4)C1)C3)C2. The van der Waals surface area contributed by atoms with E-state index in [1.165, 1.54) is 39.1 Å². The van der Waals surface area contributed by atoms with E-state index >= 15 is 0 Å². The van der Waals surface area contributed by atoms with E-state index in [1.54, 1.807) is 49.7 Å². The zero-order valence-electron chi connectivity index (χ0n) is 12.7. The van der Waals surface area contributed by atoms with Crippen LogP contribution in [0.3, 0.4) is 0 Å². The van der Waals surface area contributed by atoms with Gasteiger partial charge in [-0.3, -0.25) is 4.90 Å². The van der Waals surface area contributed by atoms with Crippen LogP contribution in [0.4, 0.5) is 0 Å². The minimum atomic E-state index is 0.733. The summed E-state index contributed by atoms with van der Waals surface area (Å²) >= 11 is 0. The van der Waals surface area contributed by atoms with E-state index in [0.717, 1.165) is 23.2 Å². The maximum absolute atomic E-state index is 3.55. The monoisotopic (exact) mass is 272 g/mol. The zero-order valence-corrected chi connectivity index (χ0v) is 12.7. The summed E-state index contributed by atoms with van der Waals surface area (Å²) in [5.41, 5.74) is 4.26. The Hall–Kier alpha value is -0.340. The zero-order chi connectivity index (χ0) is 13.2. The van der Waals surface area contributed by atoms with Crippen LogP contribution in [0, 0.1) is 23.2 Å². The first-order valence-corrected chi connectivity index (χ1v) is 8.91. The molecule has 20 heavy (non-hydrogen) atoms. The smallest absolute Gasteiger partial charge is 0.0212 e. The minimum Gasteiger partial charge on any atom is -0.313 e. The summed E-state index contributed by atoms with van der Waals surface area (Å²) in [7, 11) is 0. The number of hydrogen-bond donors (Lipinski definition) is 1. The van der Waals surface area contributed by atoms with Crippen molar-refractivity contribution < 1.29 is 0 Å². The van der Waals surface area contributed by atoms with Crippen molar-refractivity contribution in [3.8, 4) is 0 Å². The molecular weight excluding hydrogens is 244 g/mol. The van der Waals surface area contributed by atoms with Gasteiger partial charge in [0.15, 0.2) is 0 Å². The number of rotatable bonds is 2. The second-order valence-corrected chi connectivity index (χ2v) is 8.70. The molecule has 4 fully saturated rings. The van der Waals surface area contributed by atoms with Crippen LogP contribution >= 0.6 is 0 Å². The van der Waals surface area contributed by atoms with Gasteiger partial charge in [0.2, 0.25) is 0 Å². The largest absolute Gasteiger partial charge is 0.313 e. The lowest BCUT2D eigenvalue weighted by Gasteiger charge is -2.57. The van der Waals surface area contributed by atoms with Crippen molar-refractivity contribution in [3.63, 3.8) is 0 Å². The van der Waals surface area contributed by atoms with Gasteiger partial charge in [-0.2, -0.15) is 0 Å². The van der Waals surface area contributed by atoms with Gasteiger partial charge in [0, 0.05) is 26.2 Å². The highest BCUT2D eigenvalue weighted by Crippen LogP contribution is 2.60. The lowest BCUT2D eigenvalue weighted by molar-refractivity contribution is -0.0661. The van der Waals surface area contributed by atoms with Crippen LogP contribution in [-0.4, -0.2) is 37.6 Å². The Morgan fingerprint density at radius 1 is 0.950 bits per heavy atom. The summed E-state index contributed by atoms with van der Waals surface area (Å²) in [6, 6.07) is 0. The molecule has 4 aliphatic carbocycles. The fraction of sp³-hybridized carbons (Fsp3) is 0.889. The molecule has 0 radical (unpaired) electrons. The Morgan fingerprint density at radius 3 is 2.25 bits per heavy atom. The van der Waals surface area contributed by atoms with Crippen molar-refractivity contribution in [2.24, 2.45) is 23.2 Å². The Balaban J connectivity index is 1.31. The molecule has 4 bridgehead atoms. The van der Waals surface area contributed by atoms with Crippen molar-refractivity contribution in [3.05, 3.63) is 11.1 Å². The first-order chi connectivity index (χ1) is 9.78. The summed E-state index contributed by atoms with van der Waals surface area (Å²) in [4.78, 5) is 2.81. The maximum Gasteiger partial charge on any atom is 0.0212 e. The molecule has 0 atom stereocenters. The average Bonchev–Trinajstić information content (AvgIpc) is 2.77. The van der Waals surface area contributed by atoms with E-state index in [1.807, 2.05) is 0 Å². The molecule has 0 aromatic rings. The van der Waals surface area contributed by atoms with Crippen molar-refractivity contribution in [2.45, 2.75) is 44.9 Å². The van der Waals surface area contributed by atoms with Gasteiger partial charge in [-0.1, -0.05) is 5.57 Å². The van der Waals surface area contributed by atoms with Crippen molar-refractivity contribution in [1.29, 1.82) is 0 Å². The number of hydrogen-bond acceptors (Lipinski definition) is 2. The average molecular weight is 272 g/mol. The highest BCUT2D eigenvalue weighted by atomic mass is 15.2. The normalized spacial score (nSPS) is 47.1. The van der Waals surface area contributed by atoms with Gasteiger partial charge < -0.3 is 5.32 Å². The number of nitrogens with zero attached hydrogens (tertiary/aromatic N) is 1. The highest BCUT2D eigenvalue weighted by molar-refractivity contribution is 5.27. The standard InChI is InChI=1S/C18H28N2/c1-2-19-9-17-11-20(10-16(1)17)12-18-6-13-3-14(7-18)5-15(4-13)8-18/h13-15,19H,1-12H2. The third-order valence-electron chi connectivity index (χ3n) is 6.99. The van der Waals surface area contributed by atoms with Crippen LogP contribution in [0.15, 0.2) is 11.1 Å². The van der Waals surface area contributed by atoms with Crippen LogP contribution in [0.2, 0.25) is 0 Å². The van der Waals surface area contributed by atoms with E-state index in [2.05, 4.69) is 10.2 Å². The second-order valence-electron chi connectivity index (χ2n) is 8.70. The van der Waals surface area contributed by atoms with Crippen molar-refractivity contribution in [2.75, 3.05) is 32.7 Å². The van der Waals surface area contributed by atoms with Gasteiger partial charge in [-0.25, -0.2) is 0 Å². The topological polar surface area (TPSA) is 15.3 Å². The first kappa shape index (κ1) is 12.2. The van der Waals surface area contributed by atoms with Crippen molar-refractivity contribution >= 4 is 0 Å². The first-order valence-electron chi connectivity index (χ1n) is 8.91. The Kier molecular flexibility index (Phi) is 2.65. The molecule has 0 saturated heterocycles. The predicted molar refractivity (Wildman–Crippen MR) is 81.6 cm³/mol. The van der Waals surface area contributed by atoms with Gasteiger partial charge >= 0.3 is 0 Å². The van der Waals surface area contributed by atoms with E-state index < -0.39 is 0 Å². The summed E-state index contributed by atoms with van der Waals surface area (Å²) in [5.74, 6) is 3.31. The summed E-state index contributed by atoms with van der Waals surface area (Å²) in [5, 5.41) is 3.55. The quantitative estimate of drug-likeness (QED) is 0.778.